The molecule has 1 aliphatic heterocycles. The standard InChI is InChI=1S/C29H26F9N7.ClH/c1-17-10-22-24(4-3-9-44(15-18-5-7-39-8-6-18)25(22)14-23(17)29(36,37)38)45(26-40-42-43(2)41-26)16-19-11-20(27(30,31)32)13-21(12-19)28(33,34)35;/h5-8,10-14,24H,3-4,9,15-16H2,1-2H3;1H/t24-;/m0./s1. The van der Waals surface area contributed by atoms with Crippen molar-refractivity contribution in [2.45, 2.75) is 57.4 Å². The highest BCUT2D eigenvalue weighted by Gasteiger charge is 2.39. The maximum absolute atomic E-state index is 14.1. The summed E-state index contributed by atoms with van der Waals surface area (Å²) in [6.45, 7) is 1.32. The molecule has 1 atom stereocenters. The van der Waals surface area contributed by atoms with Crippen LogP contribution in [0.4, 0.5) is 51.1 Å². The van der Waals surface area contributed by atoms with E-state index in [0.717, 1.165) is 16.4 Å². The number of benzene rings is 2. The van der Waals surface area contributed by atoms with Gasteiger partial charge in [0, 0.05) is 37.7 Å². The Bertz CT molecular complexity index is 1620. The van der Waals surface area contributed by atoms with Crippen LogP contribution in [-0.4, -0.2) is 31.7 Å². The number of hydrogen-bond acceptors (Lipinski definition) is 6. The number of pyridine rings is 1. The zero-order valence-electron chi connectivity index (χ0n) is 24.2. The Kier molecular flexibility index (Phi) is 9.80. The average molecular weight is 680 g/mol. The van der Waals surface area contributed by atoms with Gasteiger partial charge in [-0.25, -0.2) is 0 Å². The predicted molar refractivity (Wildman–Crippen MR) is 152 cm³/mol. The molecule has 0 saturated carbocycles. The van der Waals surface area contributed by atoms with E-state index in [1.54, 1.807) is 29.4 Å². The van der Waals surface area contributed by atoms with Crippen molar-refractivity contribution >= 4 is 24.0 Å². The molecule has 3 heterocycles. The highest BCUT2D eigenvalue weighted by Crippen LogP contribution is 2.44. The summed E-state index contributed by atoms with van der Waals surface area (Å²) in [7, 11) is 1.43. The van der Waals surface area contributed by atoms with Gasteiger partial charge in [-0.2, -0.15) is 44.3 Å². The van der Waals surface area contributed by atoms with Gasteiger partial charge in [-0.05, 0) is 83.6 Å². The molecule has 5 rings (SSSR count). The van der Waals surface area contributed by atoms with Gasteiger partial charge in [0.1, 0.15) is 0 Å². The SMILES string of the molecule is Cc1cc2c(cc1C(F)(F)F)N(Cc1ccncc1)CCC[C@@H]2N(Cc1cc(C(F)(F)F)cc(C(F)(F)F)c1)c1nnn(C)n1.Cl. The van der Waals surface area contributed by atoms with Gasteiger partial charge in [0.05, 0.1) is 29.8 Å². The van der Waals surface area contributed by atoms with Gasteiger partial charge in [-0.3, -0.25) is 4.98 Å². The van der Waals surface area contributed by atoms with E-state index < -0.39 is 47.8 Å². The molecular formula is C29H27ClF9N7. The van der Waals surface area contributed by atoms with Gasteiger partial charge in [-0.1, -0.05) is 11.2 Å². The van der Waals surface area contributed by atoms with Crippen LogP contribution in [0.2, 0.25) is 0 Å². The Morgan fingerprint density at radius 2 is 1.48 bits per heavy atom. The molecule has 7 nitrogen and oxygen atoms in total. The Morgan fingerprint density at radius 1 is 0.848 bits per heavy atom. The van der Waals surface area contributed by atoms with E-state index in [9.17, 15) is 39.5 Å². The fourth-order valence-corrected chi connectivity index (χ4v) is 5.53. The lowest BCUT2D eigenvalue weighted by molar-refractivity contribution is -0.143. The van der Waals surface area contributed by atoms with Crippen LogP contribution < -0.4 is 9.80 Å². The number of aryl methyl sites for hydroxylation is 2. The summed E-state index contributed by atoms with van der Waals surface area (Å²) in [5, 5.41) is 11.9. The second-order valence-electron chi connectivity index (χ2n) is 10.8. The number of rotatable bonds is 6. The largest absolute Gasteiger partial charge is 0.416 e. The molecule has 0 radical (unpaired) electrons. The minimum absolute atomic E-state index is 0. The van der Waals surface area contributed by atoms with Crippen LogP contribution in [0.1, 0.15) is 57.8 Å². The molecule has 2 aromatic carbocycles. The van der Waals surface area contributed by atoms with Crippen molar-refractivity contribution < 1.29 is 39.5 Å². The molecule has 17 heteroatoms. The lowest BCUT2D eigenvalue weighted by Gasteiger charge is -2.33. The van der Waals surface area contributed by atoms with E-state index in [0.29, 0.717) is 30.7 Å². The maximum Gasteiger partial charge on any atom is 0.416 e. The number of aromatic nitrogens is 5. The van der Waals surface area contributed by atoms with Crippen molar-refractivity contribution in [3.05, 3.63) is 93.8 Å². The summed E-state index contributed by atoms with van der Waals surface area (Å²) >= 11 is 0. The third kappa shape index (κ3) is 7.65. The molecule has 0 saturated heterocycles. The molecular weight excluding hydrogens is 653 g/mol. The van der Waals surface area contributed by atoms with Crippen molar-refractivity contribution in [2.24, 2.45) is 7.05 Å². The molecule has 0 amide bonds. The lowest BCUT2D eigenvalue weighted by Crippen LogP contribution is -2.30. The second kappa shape index (κ2) is 13.0. The minimum atomic E-state index is -5.07. The van der Waals surface area contributed by atoms with Crippen LogP contribution in [0.15, 0.2) is 54.9 Å². The van der Waals surface area contributed by atoms with Crippen LogP contribution in [-0.2, 0) is 38.7 Å². The molecule has 248 valence electrons. The fourth-order valence-electron chi connectivity index (χ4n) is 5.53. The maximum atomic E-state index is 14.1. The van der Waals surface area contributed by atoms with E-state index >= 15 is 0 Å². The fraction of sp³-hybridized carbons (Fsp3) is 0.379. The minimum Gasteiger partial charge on any atom is -0.367 e. The van der Waals surface area contributed by atoms with E-state index in [4.69, 9.17) is 0 Å². The van der Waals surface area contributed by atoms with Crippen molar-refractivity contribution in [1.29, 1.82) is 0 Å². The zero-order valence-corrected chi connectivity index (χ0v) is 25.1. The summed E-state index contributed by atoms with van der Waals surface area (Å²) in [6.07, 6.45) is -11.0. The summed E-state index contributed by atoms with van der Waals surface area (Å²) in [4.78, 5) is 8.21. The van der Waals surface area contributed by atoms with Crippen LogP contribution in [0.25, 0.3) is 0 Å². The first kappa shape index (κ1) is 34.8. The Balaban J connectivity index is 0.00000480. The summed E-state index contributed by atoms with van der Waals surface area (Å²) < 4.78 is 124. The smallest absolute Gasteiger partial charge is 0.367 e. The number of tetrazole rings is 1. The van der Waals surface area contributed by atoms with Gasteiger partial charge in [0.25, 0.3) is 5.95 Å². The highest BCUT2D eigenvalue weighted by molar-refractivity contribution is 5.85. The zero-order chi connectivity index (χ0) is 32.7. The predicted octanol–water partition coefficient (Wildman–Crippen LogP) is 7.94. The van der Waals surface area contributed by atoms with E-state index in [1.807, 2.05) is 0 Å². The van der Waals surface area contributed by atoms with Crippen molar-refractivity contribution in [1.82, 2.24) is 25.2 Å². The first-order valence-electron chi connectivity index (χ1n) is 13.7. The highest BCUT2D eigenvalue weighted by atomic mass is 35.5. The van der Waals surface area contributed by atoms with Gasteiger partial charge < -0.3 is 9.80 Å². The quantitative estimate of drug-likeness (QED) is 0.193. The molecule has 0 aliphatic carbocycles. The molecule has 0 unspecified atom stereocenters. The summed E-state index contributed by atoms with van der Waals surface area (Å²) in [5.41, 5.74) is -2.89. The van der Waals surface area contributed by atoms with Gasteiger partial charge >= 0.3 is 18.5 Å². The van der Waals surface area contributed by atoms with Gasteiger partial charge in [-0.15, -0.1) is 17.5 Å². The summed E-state index contributed by atoms with van der Waals surface area (Å²) in [5.74, 6) is -0.112. The normalized spacial score (nSPS) is 15.6. The average Bonchev–Trinajstić information content (AvgIpc) is 3.30. The Hall–Kier alpha value is -4.08. The number of hydrogen-bond donors (Lipinski definition) is 0. The third-order valence-corrected chi connectivity index (χ3v) is 7.54. The van der Waals surface area contributed by atoms with Crippen LogP contribution >= 0.6 is 12.4 Å². The monoisotopic (exact) mass is 679 g/mol. The van der Waals surface area contributed by atoms with Crippen molar-refractivity contribution in [2.75, 3.05) is 16.3 Å². The molecule has 2 aromatic heterocycles. The van der Waals surface area contributed by atoms with E-state index in [2.05, 4.69) is 20.4 Å². The molecule has 0 bridgehead atoms. The lowest BCUT2D eigenvalue weighted by atomic mass is 9.94. The summed E-state index contributed by atoms with van der Waals surface area (Å²) in [6, 6.07) is 6.28. The Morgan fingerprint density at radius 3 is 2.02 bits per heavy atom. The van der Waals surface area contributed by atoms with Crippen molar-refractivity contribution in [3.63, 3.8) is 0 Å². The number of fused-ring (bicyclic) bond motifs is 1. The van der Waals surface area contributed by atoms with E-state index in [1.165, 1.54) is 24.9 Å². The molecule has 46 heavy (non-hydrogen) atoms. The molecule has 0 fully saturated rings. The number of nitrogens with zero attached hydrogens (tertiary/aromatic N) is 7. The van der Waals surface area contributed by atoms with Gasteiger partial charge in [0.15, 0.2) is 0 Å². The molecule has 4 aromatic rings. The van der Waals surface area contributed by atoms with Crippen LogP contribution in [0, 0.1) is 6.92 Å². The first-order chi connectivity index (χ1) is 21.0. The topological polar surface area (TPSA) is 63.0 Å². The number of halogens is 10. The number of alkyl halides is 9. The van der Waals surface area contributed by atoms with Crippen LogP contribution in [0.3, 0.4) is 0 Å². The van der Waals surface area contributed by atoms with E-state index in [-0.39, 0.29) is 54.2 Å². The second-order valence-corrected chi connectivity index (χ2v) is 10.8. The first-order valence-corrected chi connectivity index (χ1v) is 13.7. The molecule has 0 N–H and O–H groups in total. The van der Waals surface area contributed by atoms with Crippen molar-refractivity contribution in [3.8, 4) is 0 Å². The van der Waals surface area contributed by atoms with Gasteiger partial charge in [0.2, 0.25) is 0 Å². The Labute approximate surface area is 263 Å². The third-order valence-electron chi connectivity index (χ3n) is 7.54. The number of anilines is 2. The molecule has 0 spiro atoms. The molecule has 1 aliphatic rings. The van der Waals surface area contributed by atoms with Crippen LogP contribution in [0.5, 0.6) is 0 Å².